The van der Waals surface area contributed by atoms with Crippen LogP contribution in [0.1, 0.15) is 0 Å². The minimum Gasteiger partial charge on any atom is -0.512 e. The average molecular weight is 291 g/mol. The summed E-state index contributed by atoms with van der Waals surface area (Å²) >= 11 is 0. The zero-order valence-corrected chi connectivity index (χ0v) is 11.8. The van der Waals surface area contributed by atoms with Crippen LogP contribution >= 0.6 is 0 Å². The fourth-order valence-corrected chi connectivity index (χ4v) is 2.21. The third-order valence-corrected chi connectivity index (χ3v) is 3.18. The zero-order valence-electron chi connectivity index (χ0n) is 11.8. The second kappa shape index (κ2) is 6.43. The van der Waals surface area contributed by atoms with Gasteiger partial charge in [-0.05, 0) is 0 Å². The van der Waals surface area contributed by atoms with Gasteiger partial charge in [0.25, 0.3) is 0 Å². The van der Waals surface area contributed by atoms with E-state index in [-0.39, 0.29) is 0 Å². The fraction of sp³-hybridized carbons (Fsp3) is 0. The van der Waals surface area contributed by atoms with Gasteiger partial charge in [0, 0.05) is 23.3 Å². The molecule has 0 unspecified atom stereocenters. The highest BCUT2D eigenvalue weighted by Crippen LogP contribution is 2.28. The molecule has 0 aliphatic heterocycles. The predicted octanol–water partition coefficient (Wildman–Crippen LogP) is 2.76. The molecule has 0 bridgehead atoms. The van der Waals surface area contributed by atoms with Crippen molar-refractivity contribution in [3.63, 3.8) is 0 Å². The van der Waals surface area contributed by atoms with Gasteiger partial charge in [-0.25, -0.2) is 4.98 Å². The molecule has 2 aromatic carbocycles. The van der Waals surface area contributed by atoms with Crippen LogP contribution in [0.4, 0.5) is 0 Å². The summed E-state index contributed by atoms with van der Waals surface area (Å²) in [5.74, 6) is 0.350. The molecule has 2 N–H and O–H groups in total. The van der Waals surface area contributed by atoms with Gasteiger partial charge in [-0.3, -0.25) is 0 Å². The highest BCUT2D eigenvalue weighted by molar-refractivity contribution is 6.33. The molecule has 1 aromatic heterocycles. The molecule has 22 heavy (non-hydrogen) atoms. The molecule has 3 aromatic rings. The summed E-state index contributed by atoms with van der Waals surface area (Å²) in [7, 11) is -1.87. The van der Waals surface area contributed by atoms with Crippen LogP contribution in [-0.4, -0.2) is 22.4 Å². The third-order valence-electron chi connectivity index (χ3n) is 3.18. The molecule has 0 saturated carbocycles. The molecular weight excluding hydrogens is 277 g/mol. The molecule has 1 heterocycles. The van der Waals surface area contributed by atoms with E-state index < -0.39 is 7.32 Å². The van der Waals surface area contributed by atoms with Crippen LogP contribution in [0.3, 0.4) is 0 Å². The lowest BCUT2D eigenvalue weighted by atomic mass is 10.1. The smallest absolute Gasteiger partial charge is 0.512 e. The van der Waals surface area contributed by atoms with Crippen molar-refractivity contribution in [3.05, 3.63) is 72.8 Å². The Morgan fingerprint density at radius 2 is 1.18 bits per heavy atom. The molecule has 0 saturated heterocycles. The number of pyridine rings is 1. The van der Waals surface area contributed by atoms with Crippen LogP contribution in [0, 0.1) is 0 Å². The first-order chi connectivity index (χ1) is 10.7. The molecule has 0 atom stereocenters. The molecule has 5 heteroatoms. The monoisotopic (exact) mass is 291 g/mol. The maximum atomic E-state index is 9.04. The summed E-state index contributed by atoms with van der Waals surface area (Å²) in [6.07, 6.45) is 0. The largest absolute Gasteiger partial charge is 0.707 e. The van der Waals surface area contributed by atoms with Gasteiger partial charge < -0.3 is 14.7 Å². The summed E-state index contributed by atoms with van der Waals surface area (Å²) in [4.78, 5) is 4.64. The molecule has 108 valence electrons. The summed E-state index contributed by atoms with van der Waals surface area (Å²) in [6.45, 7) is 0. The van der Waals surface area contributed by atoms with E-state index in [1.807, 2.05) is 60.7 Å². The molecule has 4 nitrogen and oxygen atoms in total. The number of nitrogens with zero attached hydrogens (tertiary/aromatic N) is 1. The predicted molar refractivity (Wildman–Crippen MR) is 85.9 cm³/mol. The van der Waals surface area contributed by atoms with E-state index in [4.69, 9.17) is 14.7 Å². The van der Waals surface area contributed by atoms with E-state index in [0.717, 1.165) is 11.1 Å². The first-order valence-electron chi connectivity index (χ1n) is 6.88. The van der Waals surface area contributed by atoms with Gasteiger partial charge in [0.1, 0.15) is 5.75 Å². The Morgan fingerprint density at radius 3 is 1.59 bits per heavy atom. The summed E-state index contributed by atoms with van der Waals surface area (Å²) < 4.78 is 5.01. The Kier molecular flexibility index (Phi) is 4.18. The molecule has 0 spiro atoms. The van der Waals surface area contributed by atoms with Gasteiger partial charge in [-0.15, -0.1) is 0 Å². The minimum absolute atomic E-state index is 0.350. The van der Waals surface area contributed by atoms with Gasteiger partial charge in [-0.1, -0.05) is 60.7 Å². The Bertz CT molecular complexity index is 691. The van der Waals surface area contributed by atoms with E-state index in [2.05, 4.69) is 4.98 Å². The molecule has 0 fully saturated rings. The van der Waals surface area contributed by atoms with E-state index in [0.29, 0.717) is 17.1 Å². The lowest BCUT2D eigenvalue weighted by molar-refractivity contribution is 0.288. The van der Waals surface area contributed by atoms with Crippen LogP contribution in [-0.2, 0) is 0 Å². The SMILES string of the molecule is OB(O)Oc1cc(-c2ccccc2)nc(-c2ccccc2)c1. The van der Waals surface area contributed by atoms with Crippen molar-refractivity contribution in [3.8, 4) is 28.3 Å². The van der Waals surface area contributed by atoms with E-state index >= 15 is 0 Å². The first kappa shape index (κ1) is 14.3. The number of benzene rings is 2. The fourth-order valence-electron chi connectivity index (χ4n) is 2.21. The molecule has 0 amide bonds. The molecular formula is C17H14BNO3. The quantitative estimate of drug-likeness (QED) is 0.726. The normalized spacial score (nSPS) is 10.3. The highest BCUT2D eigenvalue weighted by atomic mass is 16.6. The van der Waals surface area contributed by atoms with Crippen molar-refractivity contribution in [1.29, 1.82) is 0 Å². The number of aromatic nitrogens is 1. The Hall–Kier alpha value is -2.63. The number of rotatable bonds is 4. The summed E-state index contributed by atoms with van der Waals surface area (Å²) in [6, 6.07) is 22.7. The Labute approximate surface area is 128 Å². The second-order valence-electron chi connectivity index (χ2n) is 4.75. The van der Waals surface area contributed by atoms with Crippen LogP contribution in [0.5, 0.6) is 5.75 Å². The maximum absolute atomic E-state index is 9.04. The maximum Gasteiger partial charge on any atom is 0.707 e. The topological polar surface area (TPSA) is 62.6 Å². The summed E-state index contributed by atoms with van der Waals surface area (Å²) in [5.41, 5.74) is 3.27. The Balaban J connectivity index is 2.10. The van der Waals surface area contributed by atoms with Crippen molar-refractivity contribution in [2.24, 2.45) is 0 Å². The van der Waals surface area contributed by atoms with Crippen molar-refractivity contribution < 1.29 is 14.7 Å². The van der Waals surface area contributed by atoms with Crippen molar-refractivity contribution in [2.75, 3.05) is 0 Å². The van der Waals surface area contributed by atoms with Crippen LogP contribution < -0.4 is 4.65 Å². The van der Waals surface area contributed by atoms with Crippen molar-refractivity contribution >= 4 is 7.32 Å². The number of hydrogen-bond donors (Lipinski definition) is 2. The lowest BCUT2D eigenvalue weighted by Gasteiger charge is -2.10. The van der Waals surface area contributed by atoms with Gasteiger partial charge in [0.05, 0.1) is 11.4 Å². The van der Waals surface area contributed by atoms with Gasteiger partial charge in [0.2, 0.25) is 0 Å². The standard InChI is InChI=1S/C17H14BNO3/c20-18(21)22-15-11-16(13-7-3-1-4-8-13)19-17(12-15)14-9-5-2-6-10-14/h1-12,20-21H. The molecule has 0 radical (unpaired) electrons. The molecule has 0 aliphatic carbocycles. The lowest BCUT2D eigenvalue weighted by Crippen LogP contribution is -2.20. The van der Waals surface area contributed by atoms with E-state index in [1.54, 1.807) is 12.1 Å². The van der Waals surface area contributed by atoms with Gasteiger partial charge >= 0.3 is 7.32 Å². The van der Waals surface area contributed by atoms with Gasteiger partial charge in [-0.2, -0.15) is 0 Å². The molecule has 0 aliphatic rings. The molecule has 3 rings (SSSR count). The average Bonchev–Trinajstić information content (AvgIpc) is 2.55. The summed E-state index contributed by atoms with van der Waals surface area (Å²) in [5, 5.41) is 18.1. The van der Waals surface area contributed by atoms with Gasteiger partial charge in [0.15, 0.2) is 0 Å². The second-order valence-corrected chi connectivity index (χ2v) is 4.75. The van der Waals surface area contributed by atoms with Crippen molar-refractivity contribution in [1.82, 2.24) is 4.98 Å². The zero-order chi connectivity index (χ0) is 15.4. The van der Waals surface area contributed by atoms with Crippen LogP contribution in [0.25, 0.3) is 22.5 Å². The Morgan fingerprint density at radius 1 is 0.727 bits per heavy atom. The van der Waals surface area contributed by atoms with Crippen LogP contribution in [0.2, 0.25) is 0 Å². The minimum atomic E-state index is -1.87. The highest BCUT2D eigenvalue weighted by Gasteiger charge is 2.14. The van der Waals surface area contributed by atoms with Crippen LogP contribution in [0.15, 0.2) is 72.8 Å². The number of hydrogen-bond acceptors (Lipinski definition) is 4. The third kappa shape index (κ3) is 3.34. The van der Waals surface area contributed by atoms with Crippen molar-refractivity contribution in [2.45, 2.75) is 0 Å². The first-order valence-corrected chi connectivity index (χ1v) is 6.88. The van der Waals surface area contributed by atoms with E-state index in [9.17, 15) is 0 Å². The van der Waals surface area contributed by atoms with E-state index in [1.165, 1.54) is 0 Å².